The zero-order valence-corrected chi connectivity index (χ0v) is 35.9. The molecule has 5 N–H and O–H groups in total. The van der Waals surface area contributed by atoms with E-state index in [9.17, 15) is 39.6 Å². The fraction of sp³-hybridized carbons (Fsp3) is 0.417. The largest absolute Gasteiger partial charge is 3.00 e. The molecule has 4 aromatic rings. The summed E-state index contributed by atoms with van der Waals surface area (Å²) in [7, 11) is 0. The van der Waals surface area contributed by atoms with Gasteiger partial charge >= 0.3 is 29.0 Å². The molecule has 5 saturated heterocycles. The van der Waals surface area contributed by atoms with E-state index in [1.807, 2.05) is 48.5 Å². The summed E-state index contributed by atoms with van der Waals surface area (Å²) in [4.78, 5) is 47.4. The number of nitrogens with one attached hydrogen (secondary N) is 3. The van der Waals surface area contributed by atoms with Crippen LogP contribution in [0.2, 0.25) is 0 Å². The van der Waals surface area contributed by atoms with Gasteiger partial charge in [0.2, 0.25) is 0 Å². The third-order valence-electron chi connectivity index (χ3n) is 14.4. The fourth-order valence-corrected chi connectivity index (χ4v) is 11.7. The quantitative estimate of drug-likeness (QED) is 0.150. The molecule has 12 unspecified atom stereocenters. The second kappa shape index (κ2) is 19.0. The number of carboxylic acid groups (broad SMARTS) is 4. The second-order valence-electron chi connectivity index (χ2n) is 17.5. The van der Waals surface area contributed by atoms with Gasteiger partial charge < -0.3 is 51.3 Å². The maximum Gasteiger partial charge on any atom is 3.00 e. The number of halogens is 1. The van der Waals surface area contributed by atoms with Crippen LogP contribution in [-0.2, 0) is 17.1 Å². The molecule has 0 spiro atoms. The van der Waals surface area contributed by atoms with Gasteiger partial charge in [0.25, 0.3) is 0 Å². The van der Waals surface area contributed by atoms with Crippen LogP contribution in [0.1, 0.15) is 139 Å². The van der Waals surface area contributed by atoms with E-state index in [0.717, 1.165) is 73.6 Å². The van der Waals surface area contributed by atoms with E-state index in [-0.39, 0.29) is 124 Å². The van der Waals surface area contributed by atoms with Crippen LogP contribution in [0.15, 0.2) is 97.1 Å². The molecule has 5 fully saturated rings. The number of hydrogen-bond acceptors (Lipinski definition) is 9. The van der Waals surface area contributed by atoms with Crippen LogP contribution >= 0.6 is 12.4 Å². The van der Waals surface area contributed by atoms with Gasteiger partial charge in [0.15, 0.2) is 0 Å². The molecule has 8 bridgehead atoms. The Balaban J connectivity index is 0.00000289. The maximum atomic E-state index is 11.9. The number of aromatic carboxylic acids is 4. The molecule has 12 nitrogen and oxygen atoms in total. The van der Waals surface area contributed by atoms with Crippen molar-refractivity contribution in [3.8, 4) is 0 Å². The third-order valence-corrected chi connectivity index (χ3v) is 14.4. The predicted molar refractivity (Wildman–Crippen MR) is 227 cm³/mol. The van der Waals surface area contributed by atoms with Crippen molar-refractivity contribution in [3.05, 3.63) is 147 Å². The Morgan fingerprint density at radius 2 is 0.661 bits per heavy atom. The van der Waals surface area contributed by atoms with Gasteiger partial charge in [0.05, 0.1) is 23.1 Å². The first-order valence-corrected chi connectivity index (χ1v) is 21.3. The molecule has 324 valence electrons. The molecule has 14 heteroatoms. The van der Waals surface area contributed by atoms with Crippen molar-refractivity contribution in [1.82, 2.24) is 16.0 Å². The monoisotopic (exact) mass is 900 g/mol. The predicted octanol–water partition coefficient (Wildman–Crippen LogP) is 4.94. The minimum atomic E-state index is -1.22. The molecule has 9 rings (SSSR count). The van der Waals surface area contributed by atoms with Gasteiger partial charge in [-0.1, -0.05) is 85.6 Å². The topological polar surface area (TPSA) is 205 Å². The average Bonchev–Trinajstić information content (AvgIpc) is 4.10. The van der Waals surface area contributed by atoms with Crippen molar-refractivity contribution in [2.24, 2.45) is 0 Å². The number of rotatable bonds is 8. The van der Waals surface area contributed by atoms with Crippen molar-refractivity contribution in [1.29, 1.82) is 0 Å². The maximum absolute atomic E-state index is 11.9. The summed E-state index contributed by atoms with van der Waals surface area (Å²) in [5.41, 5.74) is 4.86. The Morgan fingerprint density at radius 1 is 0.419 bits per heavy atom. The van der Waals surface area contributed by atoms with Gasteiger partial charge in [-0.3, -0.25) is 0 Å². The summed E-state index contributed by atoms with van der Waals surface area (Å²) >= 11 is 0. The number of fused-ring (bicyclic) bond motifs is 8. The minimum absolute atomic E-state index is 0. The van der Waals surface area contributed by atoms with Crippen LogP contribution in [0.3, 0.4) is 0 Å². The molecule has 12 atom stereocenters. The van der Waals surface area contributed by atoms with E-state index in [2.05, 4.69) is 16.0 Å². The fourth-order valence-electron chi connectivity index (χ4n) is 11.7. The summed E-state index contributed by atoms with van der Waals surface area (Å²) in [5.74, 6) is -4.47. The van der Waals surface area contributed by atoms with Gasteiger partial charge in [-0.15, -0.1) is 24.5 Å². The van der Waals surface area contributed by atoms with Gasteiger partial charge in [-0.25, -0.2) is 9.59 Å². The molecular weight excluding hydrogens is 851 g/mol. The molecule has 0 amide bonds. The second-order valence-corrected chi connectivity index (χ2v) is 17.5. The summed E-state index contributed by atoms with van der Waals surface area (Å²) in [5, 5.41) is 61.0. The van der Waals surface area contributed by atoms with Gasteiger partial charge in [0, 0.05) is 48.1 Å². The molecule has 5 aliphatic heterocycles. The molecule has 0 radical (unpaired) electrons. The number of benzene rings is 4. The van der Waals surface area contributed by atoms with E-state index in [4.69, 9.17) is 5.32 Å². The zero-order chi connectivity index (χ0) is 41.7. The molecule has 5 aliphatic rings. The molecule has 4 aromatic carbocycles. The number of nitrogens with zero attached hydrogens (tertiary/aromatic N) is 1. The van der Waals surface area contributed by atoms with Crippen LogP contribution < -0.4 is 26.2 Å². The van der Waals surface area contributed by atoms with Crippen LogP contribution in [0.5, 0.6) is 0 Å². The minimum Gasteiger partial charge on any atom is -0.656 e. The van der Waals surface area contributed by atoms with Crippen LogP contribution in [-0.4, -0.2) is 82.4 Å². The molecule has 0 saturated carbocycles. The Labute approximate surface area is 377 Å². The van der Waals surface area contributed by atoms with Crippen molar-refractivity contribution in [2.75, 3.05) is 0 Å². The summed E-state index contributed by atoms with van der Waals surface area (Å²) < 4.78 is 0. The van der Waals surface area contributed by atoms with Crippen molar-refractivity contribution >= 4 is 36.3 Å². The van der Waals surface area contributed by atoms with Crippen LogP contribution in [0.25, 0.3) is 5.32 Å². The average molecular weight is 901 g/mol. The summed E-state index contributed by atoms with van der Waals surface area (Å²) in [6.07, 6.45) is 6.93. The Hall–Kier alpha value is -4.59. The zero-order valence-electron chi connectivity index (χ0n) is 33.9. The Morgan fingerprint density at radius 3 is 0.919 bits per heavy atom. The van der Waals surface area contributed by atoms with E-state index in [1.54, 1.807) is 48.5 Å². The summed E-state index contributed by atoms with van der Waals surface area (Å²) in [6, 6.07) is 28.8. The number of carbonyl (C=O) groups is 4. The summed E-state index contributed by atoms with van der Waals surface area (Å²) in [6.45, 7) is 0. The Bertz CT molecular complexity index is 1890. The first kappa shape index (κ1) is 45.4. The smallest absolute Gasteiger partial charge is 0.656 e. The van der Waals surface area contributed by atoms with Crippen molar-refractivity contribution in [2.45, 2.75) is 123 Å². The van der Waals surface area contributed by atoms with Gasteiger partial charge in [-0.05, 0) is 108 Å². The van der Waals surface area contributed by atoms with E-state index in [1.165, 1.54) is 0 Å². The normalized spacial score (nSPS) is 31.4. The number of hydrogen-bond donors (Lipinski definition) is 5. The Kier molecular flexibility index (Phi) is 13.9. The van der Waals surface area contributed by atoms with Crippen LogP contribution in [0.4, 0.5) is 0 Å². The SMILES string of the molecule is Cl.O=C([O-])c1ccc(C2C3CCC([N-]3)C(c3ccc(C(=O)[O-])cc3)C3CCC(N3)C(c3ccc(C(=O)O)cc3)C3CCC(N3)C(c3ccc(C(=O)O)cc3)C3CCC2N3)cc1.[Mn+3]. The van der Waals surface area contributed by atoms with E-state index < -0.39 is 23.9 Å². The molecular formula is C48H50ClMnN4O8. The number of carbonyl (C=O) groups excluding carboxylic acids is 2. The van der Waals surface area contributed by atoms with Crippen LogP contribution in [0, 0.1) is 0 Å². The molecule has 62 heavy (non-hydrogen) atoms. The third kappa shape index (κ3) is 8.95. The molecule has 0 aromatic heterocycles. The van der Waals surface area contributed by atoms with Gasteiger partial charge in [-0.2, -0.15) is 0 Å². The van der Waals surface area contributed by atoms with Gasteiger partial charge in [0.1, 0.15) is 0 Å². The van der Waals surface area contributed by atoms with E-state index >= 15 is 0 Å². The standard InChI is InChI=1S/C48H51N4O8.ClH.Mn/c53-45(54)29-9-1-25(2-10-29)41-33-17-19-35(49-33)42(26-3-11-30(12-4-26)46(55)56)37-21-23-39(51-37)44(28-7-15-32(16-8-28)48(59)60)40-24-22-38(52-40)43(36-20-18-34(41)50-36)27-5-13-31(14-6-27)47(57)58;;/h1-16,33-44,49-51H,17-24H2,(H,53,54)(H,55,56)(H,57,58)(H,59,60);1H;/q-1;;+3/p-2. The first-order chi connectivity index (χ1) is 29.0. The first-order valence-electron chi connectivity index (χ1n) is 21.3. The molecule has 0 aliphatic carbocycles. The molecule has 5 heterocycles. The van der Waals surface area contributed by atoms with Crippen molar-refractivity contribution in [3.63, 3.8) is 0 Å². The number of carboxylic acids is 4. The van der Waals surface area contributed by atoms with Crippen molar-refractivity contribution < 1.29 is 56.7 Å². The van der Waals surface area contributed by atoms with E-state index in [0.29, 0.717) is 0 Å².